The van der Waals surface area contributed by atoms with Crippen LogP contribution in [-0.4, -0.2) is 10.2 Å². The second kappa shape index (κ2) is 3.65. The molecule has 1 amide bonds. The Morgan fingerprint density at radius 1 is 1.67 bits per heavy atom. The highest BCUT2D eigenvalue weighted by molar-refractivity contribution is 7.09. The molecule has 15 heavy (non-hydrogen) atoms. The van der Waals surface area contributed by atoms with Gasteiger partial charge in [0.05, 0.1) is 12.0 Å². The van der Waals surface area contributed by atoms with Gasteiger partial charge in [0.2, 0.25) is 5.91 Å². The molecule has 1 N–H and O–H groups in total. The Balaban J connectivity index is 1.89. The van der Waals surface area contributed by atoms with E-state index in [-0.39, 0.29) is 5.91 Å². The van der Waals surface area contributed by atoms with Crippen molar-refractivity contribution in [1.82, 2.24) is 5.32 Å². The quantitative estimate of drug-likeness (QED) is 0.835. The molecular weight excluding hydrogens is 253 g/mol. The summed E-state index contributed by atoms with van der Waals surface area (Å²) in [4.78, 5) is 12.9. The van der Waals surface area contributed by atoms with E-state index >= 15 is 0 Å². The Morgan fingerprint density at radius 3 is 2.80 bits per heavy atom. The molecule has 1 aliphatic rings. The second-order valence-corrected chi connectivity index (χ2v) is 6.49. The van der Waals surface area contributed by atoms with Crippen LogP contribution in [0.25, 0.3) is 0 Å². The number of hydrogen-bond donors (Lipinski definition) is 1. The van der Waals surface area contributed by atoms with Gasteiger partial charge in [-0.3, -0.25) is 4.79 Å². The van der Waals surface area contributed by atoms with Gasteiger partial charge in [0.25, 0.3) is 0 Å². The molecule has 0 saturated heterocycles. The number of halogens is 2. The topological polar surface area (TPSA) is 29.1 Å². The fraction of sp³-hybridized carbons (Fsp3) is 0.500. The molecule has 2 rings (SSSR count). The highest BCUT2D eigenvalue weighted by Crippen LogP contribution is 2.63. The van der Waals surface area contributed by atoms with Crippen LogP contribution >= 0.6 is 34.5 Å². The predicted molar refractivity (Wildman–Crippen MR) is 63.3 cm³/mol. The molecule has 1 unspecified atom stereocenters. The minimum atomic E-state index is -0.882. The van der Waals surface area contributed by atoms with Crippen molar-refractivity contribution in [3.63, 3.8) is 0 Å². The smallest absolute Gasteiger partial charge is 0.229 e. The van der Waals surface area contributed by atoms with Gasteiger partial charge in [0, 0.05) is 4.88 Å². The summed E-state index contributed by atoms with van der Waals surface area (Å²) in [6.45, 7) is 2.34. The zero-order chi connectivity index (χ0) is 11.1. The first-order valence-electron chi connectivity index (χ1n) is 4.64. The van der Waals surface area contributed by atoms with Crippen LogP contribution in [0.2, 0.25) is 0 Å². The zero-order valence-electron chi connectivity index (χ0n) is 8.22. The van der Waals surface area contributed by atoms with Crippen molar-refractivity contribution < 1.29 is 4.79 Å². The summed E-state index contributed by atoms with van der Waals surface area (Å²) in [7, 11) is 0. The summed E-state index contributed by atoms with van der Waals surface area (Å²) in [6, 6.07) is 3.94. The Hall–Kier alpha value is -0.250. The Labute approximate surface area is 103 Å². The molecule has 1 saturated carbocycles. The van der Waals surface area contributed by atoms with Gasteiger partial charge in [-0.1, -0.05) is 6.07 Å². The molecule has 0 radical (unpaired) electrons. The van der Waals surface area contributed by atoms with Crippen molar-refractivity contribution in [2.75, 3.05) is 0 Å². The molecule has 1 atom stereocenters. The van der Waals surface area contributed by atoms with E-state index in [1.54, 1.807) is 18.3 Å². The average molecular weight is 264 g/mol. The van der Waals surface area contributed by atoms with E-state index in [9.17, 15) is 4.79 Å². The first-order chi connectivity index (χ1) is 6.96. The number of amides is 1. The molecule has 2 nitrogen and oxygen atoms in total. The number of carbonyl (C=O) groups is 1. The lowest BCUT2D eigenvalue weighted by Gasteiger charge is -2.11. The highest BCUT2D eigenvalue weighted by atomic mass is 35.5. The van der Waals surface area contributed by atoms with Crippen molar-refractivity contribution >= 4 is 40.4 Å². The predicted octanol–water partition coefficient (Wildman–Crippen LogP) is 2.95. The summed E-state index contributed by atoms with van der Waals surface area (Å²) >= 11 is 13.4. The van der Waals surface area contributed by atoms with Gasteiger partial charge in [-0.2, -0.15) is 0 Å². The van der Waals surface area contributed by atoms with Gasteiger partial charge < -0.3 is 5.32 Å². The third kappa shape index (κ3) is 2.01. The first-order valence-corrected chi connectivity index (χ1v) is 6.28. The molecule has 82 valence electrons. The molecule has 0 spiro atoms. The summed E-state index contributed by atoms with van der Waals surface area (Å²) in [6.07, 6.45) is 0.527. The lowest BCUT2D eigenvalue weighted by Crippen LogP contribution is -2.32. The molecule has 1 aromatic heterocycles. The number of carbonyl (C=O) groups excluding carboxylic acids is 1. The molecule has 1 heterocycles. The molecule has 5 heteroatoms. The van der Waals surface area contributed by atoms with Crippen LogP contribution in [0.5, 0.6) is 0 Å². The number of alkyl halides is 2. The van der Waals surface area contributed by atoms with Crippen molar-refractivity contribution in [1.29, 1.82) is 0 Å². The van der Waals surface area contributed by atoms with E-state index < -0.39 is 9.75 Å². The fourth-order valence-electron chi connectivity index (χ4n) is 1.42. The van der Waals surface area contributed by atoms with Crippen molar-refractivity contribution in [3.8, 4) is 0 Å². The lowest BCUT2D eigenvalue weighted by molar-refractivity contribution is -0.125. The summed E-state index contributed by atoms with van der Waals surface area (Å²) in [5.74, 6) is -0.0686. The van der Waals surface area contributed by atoms with E-state index in [1.807, 2.05) is 17.5 Å². The number of rotatable bonds is 3. The average Bonchev–Trinajstić information content (AvgIpc) is 2.57. The van der Waals surface area contributed by atoms with Crippen LogP contribution in [-0.2, 0) is 11.3 Å². The first kappa shape index (κ1) is 11.2. The van der Waals surface area contributed by atoms with Crippen molar-refractivity contribution in [3.05, 3.63) is 22.4 Å². The maximum absolute atomic E-state index is 11.8. The van der Waals surface area contributed by atoms with Gasteiger partial charge in [0.1, 0.15) is 4.33 Å². The minimum Gasteiger partial charge on any atom is -0.351 e. The Kier molecular flexibility index (Phi) is 2.73. The fourth-order valence-corrected chi connectivity index (χ4v) is 2.77. The van der Waals surface area contributed by atoms with Crippen LogP contribution in [0.4, 0.5) is 0 Å². The van der Waals surface area contributed by atoms with Crippen molar-refractivity contribution in [2.45, 2.75) is 24.2 Å². The maximum atomic E-state index is 11.8. The number of nitrogens with one attached hydrogen (secondary N) is 1. The van der Waals surface area contributed by atoms with E-state index in [0.717, 1.165) is 4.88 Å². The van der Waals surface area contributed by atoms with Gasteiger partial charge in [-0.05, 0) is 24.8 Å². The minimum absolute atomic E-state index is 0.0686. The van der Waals surface area contributed by atoms with E-state index in [1.165, 1.54) is 0 Å². The van der Waals surface area contributed by atoms with Crippen LogP contribution in [0.1, 0.15) is 18.2 Å². The standard InChI is InChI=1S/C10H11Cl2NOS/c1-9(6-10(9,11)12)8(14)13-5-7-3-2-4-15-7/h2-4H,5-6H2,1H3,(H,13,14). The van der Waals surface area contributed by atoms with Gasteiger partial charge >= 0.3 is 0 Å². The molecule has 0 bridgehead atoms. The van der Waals surface area contributed by atoms with Crippen molar-refractivity contribution in [2.24, 2.45) is 5.41 Å². The number of thiophene rings is 1. The molecule has 1 aliphatic carbocycles. The third-order valence-electron chi connectivity index (χ3n) is 2.76. The van der Waals surface area contributed by atoms with Crippen LogP contribution < -0.4 is 5.32 Å². The molecule has 0 aromatic carbocycles. The van der Waals surface area contributed by atoms with Crippen LogP contribution in [0.3, 0.4) is 0 Å². The normalized spacial score (nSPS) is 27.4. The SMILES string of the molecule is CC1(C(=O)NCc2cccs2)CC1(Cl)Cl. The maximum Gasteiger partial charge on any atom is 0.229 e. The van der Waals surface area contributed by atoms with Gasteiger partial charge in [0.15, 0.2) is 0 Å². The van der Waals surface area contributed by atoms with E-state index in [4.69, 9.17) is 23.2 Å². The second-order valence-electron chi connectivity index (χ2n) is 3.98. The third-order valence-corrected chi connectivity index (χ3v) is 4.74. The Morgan fingerprint density at radius 2 is 2.33 bits per heavy atom. The summed E-state index contributed by atoms with van der Waals surface area (Å²) in [5.41, 5.74) is -0.618. The largest absolute Gasteiger partial charge is 0.351 e. The molecule has 1 aromatic rings. The number of hydrogen-bond acceptors (Lipinski definition) is 2. The Bertz CT molecular complexity index is 377. The lowest BCUT2D eigenvalue weighted by atomic mass is 10.1. The molecular formula is C10H11Cl2NOS. The molecule has 0 aliphatic heterocycles. The van der Waals surface area contributed by atoms with E-state index in [2.05, 4.69) is 5.32 Å². The van der Waals surface area contributed by atoms with Crippen LogP contribution in [0.15, 0.2) is 17.5 Å². The summed E-state index contributed by atoms with van der Waals surface area (Å²) in [5, 5.41) is 4.83. The van der Waals surface area contributed by atoms with E-state index in [0.29, 0.717) is 13.0 Å². The summed E-state index contributed by atoms with van der Waals surface area (Å²) < 4.78 is -0.882. The highest BCUT2D eigenvalue weighted by Gasteiger charge is 2.67. The van der Waals surface area contributed by atoms with Gasteiger partial charge in [-0.15, -0.1) is 34.5 Å². The van der Waals surface area contributed by atoms with Crippen LogP contribution in [0, 0.1) is 5.41 Å². The monoisotopic (exact) mass is 263 g/mol. The zero-order valence-corrected chi connectivity index (χ0v) is 10.5. The molecule has 1 fully saturated rings. The van der Waals surface area contributed by atoms with Gasteiger partial charge in [-0.25, -0.2) is 0 Å².